The van der Waals surface area contributed by atoms with Gasteiger partial charge in [0.25, 0.3) is 0 Å². The van der Waals surface area contributed by atoms with E-state index in [-0.39, 0.29) is 5.54 Å². The summed E-state index contributed by atoms with van der Waals surface area (Å²) in [5, 5.41) is 3.50. The van der Waals surface area contributed by atoms with Crippen molar-refractivity contribution < 1.29 is 4.74 Å². The largest absolute Gasteiger partial charge is 0.497 e. The molecule has 2 atom stereocenters. The van der Waals surface area contributed by atoms with Crippen LogP contribution in [0.25, 0.3) is 0 Å². The maximum absolute atomic E-state index is 7.06. The van der Waals surface area contributed by atoms with Gasteiger partial charge in [-0.3, -0.25) is 0 Å². The Balaban J connectivity index is 1.88. The van der Waals surface area contributed by atoms with E-state index in [0.29, 0.717) is 11.3 Å². The first-order valence-electron chi connectivity index (χ1n) is 8.25. The monoisotopic (exact) mass is 288 g/mol. The summed E-state index contributed by atoms with van der Waals surface area (Å²) in [5.74, 6) is 1.31. The molecule has 3 rings (SSSR count). The van der Waals surface area contributed by atoms with E-state index >= 15 is 0 Å². The molecule has 0 bridgehead atoms. The molecule has 3 nitrogen and oxygen atoms in total. The first-order valence-corrected chi connectivity index (χ1v) is 8.25. The van der Waals surface area contributed by atoms with Crippen molar-refractivity contribution in [1.29, 1.82) is 0 Å². The molecule has 0 radical (unpaired) electrons. The lowest BCUT2D eigenvalue weighted by Crippen LogP contribution is -2.58. The number of methoxy groups -OCH3 is 1. The third-order valence-electron chi connectivity index (χ3n) is 6.18. The van der Waals surface area contributed by atoms with E-state index in [2.05, 4.69) is 36.5 Å². The van der Waals surface area contributed by atoms with Crippen molar-refractivity contribution in [3.8, 4) is 5.75 Å². The van der Waals surface area contributed by atoms with Crippen molar-refractivity contribution in [3.63, 3.8) is 0 Å². The zero-order valence-corrected chi connectivity index (χ0v) is 13.3. The minimum absolute atomic E-state index is 0.0658. The highest BCUT2D eigenvalue weighted by Gasteiger charge is 2.55. The van der Waals surface area contributed by atoms with Crippen molar-refractivity contribution in [2.24, 2.45) is 11.1 Å². The zero-order valence-electron chi connectivity index (χ0n) is 13.3. The van der Waals surface area contributed by atoms with Crippen LogP contribution < -0.4 is 15.8 Å². The van der Waals surface area contributed by atoms with Crippen molar-refractivity contribution >= 4 is 0 Å². The lowest BCUT2D eigenvalue weighted by molar-refractivity contribution is 0.0888. The van der Waals surface area contributed by atoms with E-state index in [0.717, 1.165) is 25.3 Å². The van der Waals surface area contributed by atoms with Gasteiger partial charge in [-0.2, -0.15) is 0 Å². The van der Waals surface area contributed by atoms with E-state index in [1.165, 1.54) is 31.2 Å². The van der Waals surface area contributed by atoms with Crippen molar-refractivity contribution in [2.75, 3.05) is 20.2 Å². The third kappa shape index (κ3) is 2.36. The van der Waals surface area contributed by atoms with Crippen LogP contribution in [0.1, 0.15) is 50.5 Å². The number of nitrogens with two attached hydrogens (primary N) is 1. The number of nitrogens with one attached hydrogen (secondary N) is 1. The third-order valence-corrected chi connectivity index (χ3v) is 6.18. The molecule has 1 aromatic carbocycles. The molecule has 2 fully saturated rings. The predicted molar refractivity (Wildman–Crippen MR) is 86.7 cm³/mol. The minimum Gasteiger partial charge on any atom is -0.497 e. The van der Waals surface area contributed by atoms with E-state index in [9.17, 15) is 0 Å². The lowest BCUT2D eigenvalue weighted by Gasteiger charge is -2.50. The Morgan fingerprint density at radius 3 is 2.38 bits per heavy atom. The molecule has 2 aliphatic rings. The van der Waals surface area contributed by atoms with Gasteiger partial charge in [0.2, 0.25) is 0 Å². The second kappa shape index (κ2) is 5.62. The van der Waals surface area contributed by atoms with E-state index in [1.54, 1.807) is 7.11 Å². The van der Waals surface area contributed by atoms with Crippen LogP contribution >= 0.6 is 0 Å². The maximum Gasteiger partial charge on any atom is 0.118 e. The Labute approximate surface area is 128 Å². The molecule has 116 valence electrons. The van der Waals surface area contributed by atoms with Crippen LogP contribution in [0.4, 0.5) is 0 Å². The van der Waals surface area contributed by atoms with Crippen LogP contribution in [-0.4, -0.2) is 25.7 Å². The van der Waals surface area contributed by atoms with Crippen LogP contribution in [0.15, 0.2) is 24.3 Å². The summed E-state index contributed by atoms with van der Waals surface area (Å²) in [7, 11) is 1.71. The summed E-state index contributed by atoms with van der Waals surface area (Å²) in [6.07, 6.45) is 6.18. The average Bonchev–Trinajstić information content (AvgIpc) is 2.85. The summed E-state index contributed by atoms with van der Waals surface area (Å²) in [5.41, 5.74) is 8.67. The van der Waals surface area contributed by atoms with E-state index < -0.39 is 0 Å². The first-order chi connectivity index (χ1) is 10.1. The summed E-state index contributed by atoms with van der Waals surface area (Å²) < 4.78 is 5.27. The van der Waals surface area contributed by atoms with Gasteiger partial charge in [-0.1, -0.05) is 25.5 Å². The van der Waals surface area contributed by atoms with Gasteiger partial charge in [-0.15, -0.1) is 0 Å². The molecule has 1 aliphatic carbocycles. The standard InChI is InChI=1S/C18H28N2O/c1-14(15-4-6-16(21-2)7-5-15)18(19)9-3-8-17(18)10-12-20-13-11-17/h4-7,14,20H,3,8-13,19H2,1-2H3/t14-,18?/m1/s1. The quantitative estimate of drug-likeness (QED) is 0.898. The summed E-state index contributed by atoms with van der Waals surface area (Å²) in [4.78, 5) is 0. The molecule has 21 heavy (non-hydrogen) atoms. The first kappa shape index (κ1) is 14.9. The molecule has 0 amide bonds. The molecule has 3 heteroatoms. The fourth-order valence-electron chi connectivity index (χ4n) is 4.70. The topological polar surface area (TPSA) is 47.3 Å². The Hall–Kier alpha value is -1.06. The van der Waals surface area contributed by atoms with Crippen LogP contribution in [0.5, 0.6) is 5.75 Å². The molecule has 3 N–H and O–H groups in total. The minimum atomic E-state index is -0.0658. The van der Waals surface area contributed by atoms with Gasteiger partial charge in [-0.25, -0.2) is 0 Å². The van der Waals surface area contributed by atoms with Crippen LogP contribution in [0.3, 0.4) is 0 Å². The zero-order chi connectivity index (χ0) is 14.9. The maximum atomic E-state index is 7.06. The second-order valence-corrected chi connectivity index (χ2v) is 6.92. The molecule has 1 unspecified atom stereocenters. The highest BCUT2D eigenvalue weighted by Crippen LogP contribution is 2.56. The number of benzene rings is 1. The van der Waals surface area contributed by atoms with E-state index in [1.807, 2.05) is 0 Å². The van der Waals surface area contributed by atoms with Gasteiger partial charge in [0.1, 0.15) is 5.75 Å². The number of ether oxygens (including phenoxy) is 1. The number of hydrogen-bond donors (Lipinski definition) is 2. The smallest absolute Gasteiger partial charge is 0.118 e. The molecule has 1 aromatic rings. The van der Waals surface area contributed by atoms with Gasteiger partial charge >= 0.3 is 0 Å². The number of hydrogen-bond acceptors (Lipinski definition) is 3. The Kier molecular flexibility index (Phi) is 3.98. The average molecular weight is 288 g/mol. The van der Waals surface area contributed by atoms with Gasteiger partial charge in [0.05, 0.1) is 7.11 Å². The molecule has 1 aliphatic heterocycles. The normalized spacial score (nSPS) is 29.5. The predicted octanol–water partition coefficient (Wildman–Crippen LogP) is 3.05. The summed E-state index contributed by atoms with van der Waals surface area (Å²) in [6.45, 7) is 4.56. The van der Waals surface area contributed by atoms with Crippen LogP contribution in [-0.2, 0) is 0 Å². The summed E-state index contributed by atoms with van der Waals surface area (Å²) >= 11 is 0. The number of rotatable bonds is 3. The molecular formula is C18H28N2O. The molecule has 1 spiro atoms. The molecule has 1 saturated heterocycles. The van der Waals surface area contributed by atoms with Crippen LogP contribution in [0.2, 0.25) is 0 Å². The Morgan fingerprint density at radius 1 is 1.10 bits per heavy atom. The van der Waals surface area contributed by atoms with Crippen molar-refractivity contribution in [3.05, 3.63) is 29.8 Å². The van der Waals surface area contributed by atoms with Crippen molar-refractivity contribution in [2.45, 2.75) is 50.5 Å². The van der Waals surface area contributed by atoms with Gasteiger partial charge in [0, 0.05) is 5.54 Å². The lowest BCUT2D eigenvalue weighted by atomic mass is 9.60. The molecule has 0 aromatic heterocycles. The fraction of sp³-hybridized carbons (Fsp3) is 0.667. The fourth-order valence-corrected chi connectivity index (χ4v) is 4.70. The van der Waals surface area contributed by atoms with E-state index in [4.69, 9.17) is 10.5 Å². The molecule has 1 saturated carbocycles. The highest BCUT2D eigenvalue weighted by atomic mass is 16.5. The number of piperidine rings is 1. The van der Waals surface area contributed by atoms with Gasteiger partial charge < -0.3 is 15.8 Å². The Bertz CT molecular complexity index is 478. The second-order valence-electron chi connectivity index (χ2n) is 6.92. The highest BCUT2D eigenvalue weighted by molar-refractivity contribution is 5.32. The SMILES string of the molecule is COc1ccc([C@@H](C)C2(N)CCCC23CCNCC3)cc1. The summed E-state index contributed by atoms with van der Waals surface area (Å²) in [6, 6.07) is 8.48. The molecular weight excluding hydrogens is 260 g/mol. The molecule has 1 heterocycles. The van der Waals surface area contributed by atoms with Gasteiger partial charge in [-0.05, 0) is 67.8 Å². The van der Waals surface area contributed by atoms with Crippen molar-refractivity contribution in [1.82, 2.24) is 5.32 Å². The Morgan fingerprint density at radius 2 is 1.76 bits per heavy atom. The van der Waals surface area contributed by atoms with Gasteiger partial charge in [0.15, 0.2) is 0 Å². The van der Waals surface area contributed by atoms with Crippen LogP contribution in [0, 0.1) is 5.41 Å².